The van der Waals surface area contributed by atoms with Gasteiger partial charge >= 0.3 is 10.7 Å². The molecule has 0 radical (unpaired) electrons. The maximum atomic E-state index is 11.6. The zero-order valence-electron chi connectivity index (χ0n) is 12.9. The second kappa shape index (κ2) is 7.97. The summed E-state index contributed by atoms with van der Waals surface area (Å²) in [5.74, 6) is -0.652. The van der Waals surface area contributed by atoms with Gasteiger partial charge < -0.3 is 4.74 Å². The molecular weight excluding hydrogens is 352 g/mol. The average Bonchev–Trinajstić information content (AvgIpc) is 3.02. The van der Waals surface area contributed by atoms with Gasteiger partial charge in [0.1, 0.15) is 0 Å². The first-order valence-electron chi connectivity index (χ1n) is 6.81. The second-order valence-electron chi connectivity index (χ2n) is 4.74. The van der Waals surface area contributed by atoms with Crippen LogP contribution in [0.15, 0.2) is 35.4 Å². The van der Waals surface area contributed by atoms with E-state index in [1.165, 1.54) is 30.5 Å². The van der Waals surface area contributed by atoms with Crippen LogP contribution in [0.2, 0.25) is 0 Å². The maximum absolute atomic E-state index is 11.6. The van der Waals surface area contributed by atoms with Gasteiger partial charge in [-0.2, -0.15) is 5.10 Å². The fourth-order valence-electron chi connectivity index (χ4n) is 1.75. The lowest BCUT2D eigenvalue weighted by atomic mass is 10.2. The zero-order valence-corrected chi connectivity index (χ0v) is 13.7. The van der Waals surface area contributed by atoms with Crippen LogP contribution in [-0.2, 0) is 4.79 Å². The number of nitrogens with zero attached hydrogens (tertiary/aromatic N) is 3. The third kappa shape index (κ3) is 5.07. The zero-order chi connectivity index (χ0) is 18.4. The molecule has 11 heteroatoms. The van der Waals surface area contributed by atoms with Crippen molar-refractivity contribution >= 4 is 34.1 Å². The molecule has 1 aromatic heterocycles. The smallest absolute Gasteiger partial charge is 0.324 e. The first-order valence-corrected chi connectivity index (χ1v) is 7.62. The molecule has 0 aliphatic heterocycles. The Morgan fingerprint density at radius 1 is 1.28 bits per heavy atom. The van der Waals surface area contributed by atoms with Crippen LogP contribution in [-0.4, -0.2) is 28.6 Å². The number of ether oxygens (including phenoxy) is 1. The summed E-state index contributed by atoms with van der Waals surface area (Å²) in [5.41, 5.74) is 2.63. The molecule has 2 aromatic rings. The summed E-state index contributed by atoms with van der Waals surface area (Å²) in [6, 6.07) is 7.20. The van der Waals surface area contributed by atoms with Crippen LogP contribution >= 0.6 is 11.3 Å². The molecule has 0 aliphatic carbocycles. The second-order valence-corrected chi connectivity index (χ2v) is 5.84. The summed E-state index contributed by atoms with van der Waals surface area (Å²) in [4.78, 5) is 32.5. The van der Waals surface area contributed by atoms with Crippen LogP contribution in [0.3, 0.4) is 0 Å². The molecule has 1 aromatic carbocycles. The molecule has 0 bridgehead atoms. The predicted octanol–water partition coefficient (Wildman–Crippen LogP) is 2.40. The molecule has 0 saturated carbocycles. The first-order chi connectivity index (χ1) is 11.9. The minimum Gasteiger partial charge on any atom is -0.477 e. The lowest BCUT2D eigenvalue weighted by Crippen LogP contribution is -2.24. The monoisotopic (exact) mass is 364 g/mol. The Labute approximate surface area is 145 Å². The molecule has 10 nitrogen and oxygen atoms in total. The molecule has 0 fully saturated rings. The predicted molar refractivity (Wildman–Crippen MR) is 90.0 cm³/mol. The SMILES string of the molecule is Cc1ccc(OCC(=O)N/N=C\c2ccc([N+](=O)[O-])s2)c([N+](=O)[O-])c1. The molecule has 0 atom stereocenters. The van der Waals surface area contributed by atoms with Crippen LogP contribution < -0.4 is 10.2 Å². The highest BCUT2D eigenvalue weighted by molar-refractivity contribution is 7.16. The fourth-order valence-corrected chi connectivity index (χ4v) is 2.44. The molecular formula is C14H12N4O6S. The van der Waals surface area contributed by atoms with Gasteiger partial charge in [-0.15, -0.1) is 0 Å². The number of rotatable bonds is 7. The van der Waals surface area contributed by atoms with E-state index < -0.39 is 22.4 Å². The summed E-state index contributed by atoms with van der Waals surface area (Å²) in [5, 5.41) is 25.1. The number of nitrogens with one attached hydrogen (secondary N) is 1. The average molecular weight is 364 g/mol. The van der Waals surface area contributed by atoms with Crippen molar-refractivity contribution in [3.63, 3.8) is 0 Å². The number of nitro groups is 2. The van der Waals surface area contributed by atoms with E-state index >= 15 is 0 Å². The van der Waals surface area contributed by atoms with E-state index in [4.69, 9.17) is 4.74 Å². The number of thiophene rings is 1. The van der Waals surface area contributed by atoms with Crippen molar-refractivity contribution in [3.05, 3.63) is 61.0 Å². The van der Waals surface area contributed by atoms with E-state index in [0.717, 1.165) is 11.3 Å². The minimum absolute atomic E-state index is 0.0244. The van der Waals surface area contributed by atoms with Gasteiger partial charge in [0.05, 0.1) is 20.9 Å². The molecule has 0 aliphatic rings. The van der Waals surface area contributed by atoms with Crippen LogP contribution in [0.25, 0.3) is 0 Å². The number of aryl methyl sites for hydroxylation is 1. The van der Waals surface area contributed by atoms with Gasteiger partial charge in [-0.3, -0.25) is 25.0 Å². The lowest BCUT2D eigenvalue weighted by molar-refractivity contribution is -0.385. The van der Waals surface area contributed by atoms with E-state index in [0.29, 0.717) is 10.4 Å². The van der Waals surface area contributed by atoms with Crippen molar-refractivity contribution < 1.29 is 19.4 Å². The largest absolute Gasteiger partial charge is 0.477 e. The molecule has 1 amide bonds. The standard InChI is InChI=1S/C14H12N4O6S/c1-9-2-4-12(11(6-9)17(20)21)24-8-13(19)16-15-7-10-3-5-14(25-10)18(22)23/h2-7H,8H2,1H3,(H,16,19)/b15-7-. The fraction of sp³-hybridized carbons (Fsp3) is 0.143. The van der Waals surface area contributed by atoms with Crippen LogP contribution in [0.4, 0.5) is 10.7 Å². The Morgan fingerprint density at radius 3 is 2.68 bits per heavy atom. The van der Waals surface area contributed by atoms with Crippen molar-refractivity contribution in [3.8, 4) is 5.75 Å². The number of hydrazone groups is 1. The van der Waals surface area contributed by atoms with Gasteiger partial charge in [0.25, 0.3) is 5.91 Å². The molecule has 130 valence electrons. The molecule has 1 heterocycles. The molecule has 0 unspecified atom stereocenters. The number of hydrogen-bond acceptors (Lipinski definition) is 8. The summed E-state index contributed by atoms with van der Waals surface area (Å²) in [6.07, 6.45) is 1.25. The van der Waals surface area contributed by atoms with Gasteiger partial charge in [0.2, 0.25) is 0 Å². The van der Waals surface area contributed by atoms with Crippen molar-refractivity contribution in [2.45, 2.75) is 6.92 Å². The Balaban J connectivity index is 1.89. The number of benzene rings is 1. The van der Waals surface area contributed by atoms with Gasteiger partial charge in [-0.05, 0) is 24.6 Å². The minimum atomic E-state index is -0.628. The lowest BCUT2D eigenvalue weighted by Gasteiger charge is -2.06. The summed E-state index contributed by atoms with van der Waals surface area (Å²) >= 11 is 0.903. The number of carbonyl (C=O) groups excluding carboxylic acids is 1. The van der Waals surface area contributed by atoms with Crippen LogP contribution in [0.1, 0.15) is 10.4 Å². The molecule has 25 heavy (non-hydrogen) atoms. The molecule has 0 saturated heterocycles. The Morgan fingerprint density at radius 2 is 2.04 bits per heavy atom. The quantitative estimate of drug-likeness (QED) is 0.455. The Hall–Kier alpha value is -3.34. The van der Waals surface area contributed by atoms with E-state index in [9.17, 15) is 25.0 Å². The van der Waals surface area contributed by atoms with E-state index in [1.807, 2.05) is 0 Å². The molecule has 2 rings (SSSR count). The van der Waals surface area contributed by atoms with Crippen molar-refractivity contribution in [2.75, 3.05) is 6.61 Å². The van der Waals surface area contributed by atoms with Crippen LogP contribution in [0.5, 0.6) is 5.75 Å². The normalized spacial score (nSPS) is 10.6. The highest BCUT2D eigenvalue weighted by Gasteiger charge is 2.16. The number of nitro benzene ring substituents is 1. The van der Waals surface area contributed by atoms with Gasteiger partial charge in [0.15, 0.2) is 12.4 Å². The first kappa shape index (κ1) is 18.0. The van der Waals surface area contributed by atoms with Gasteiger partial charge in [0, 0.05) is 12.1 Å². The summed E-state index contributed by atoms with van der Waals surface area (Å²) in [7, 11) is 0. The van der Waals surface area contributed by atoms with E-state index in [-0.39, 0.29) is 16.4 Å². The van der Waals surface area contributed by atoms with Crippen molar-refractivity contribution in [2.24, 2.45) is 5.10 Å². The highest BCUT2D eigenvalue weighted by Crippen LogP contribution is 2.27. The highest BCUT2D eigenvalue weighted by atomic mass is 32.1. The topological polar surface area (TPSA) is 137 Å². The number of hydrogen-bond donors (Lipinski definition) is 1. The van der Waals surface area contributed by atoms with Crippen molar-refractivity contribution in [1.82, 2.24) is 5.43 Å². The number of amides is 1. The Bertz CT molecular complexity index is 848. The summed E-state index contributed by atoms with van der Waals surface area (Å²) < 4.78 is 5.14. The molecule has 1 N–H and O–H groups in total. The third-order valence-corrected chi connectivity index (χ3v) is 3.81. The van der Waals surface area contributed by atoms with Gasteiger partial charge in [-0.1, -0.05) is 17.4 Å². The van der Waals surface area contributed by atoms with Crippen molar-refractivity contribution in [1.29, 1.82) is 0 Å². The number of carbonyl (C=O) groups is 1. The van der Waals surface area contributed by atoms with E-state index in [2.05, 4.69) is 10.5 Å². The van der Waals surface area contributed by atoms with Crippen LogP contribution in [0, 0.1) is 27.2 Å². The molecule has 0 spiro atoms. The summed E-state index contributed by atoms with van der Waals surface area (Å²) in [6.45, 7) is 1.24. The maximum Gasteiger partial charge on any atom is 0.324 e. The van der Waals surface area contributed by atoms with Gasteiger partial charge in [-0.25, -0.2) is 5.43 Å². The Kier molecular flexibility index (Phi) is 5.74. The third-order valence-electron chi connectivity index (χ3n) is 2.84. The van der Waals surface area contributed by atoms with E-state index in [1.54, 1.807) is 13.0 Å².